The first-order valence-corrected chi connectivity index (χ1v) is 8.12. The Morgan fingerprint density at radius 2 is 1.46 bits per heavy atom. The van der Waals surface area contributed by atoms with Crippen LogP contribution in [0.1, 0.15) is 41.2 Å². The van der Waals surface area contributed by atoms with Crippen LogP contribution in [-0.2, 0) is 18.8 Å². The number of benzene rings is 2. The van der Waals surface area contributed by atoms with Crippen molar-refractivity contribution in [3.8, 4) is 11.1 Å². The van der Waals surface area contributed by atoms with E-state index in [1.165, 1.54) is 0 Å². The summed E-state index contributed by atoms with van der Waals surface area (Å²) in [5, 5.41) is 0. The monoisotopic (exact) mass is 370 g/mol. The van der Waals surface area contributed by atoms with E-state index in [4.69, 9.17) is 0 Å². The lowest BCUT2D eigenvalue weighted by molar-refractivity contribution is -0.143. The Hall–Kier alpha value is -2.24. The normalized spacial score (nSPS) is 14.4. The summed E-state index contributed by atoms with van der Waals surface area (Å²) in [7, 11) is 0. The highest BCUT2D eigenvalue weighted by atomic mass is 19.4. The van der Waals surface area contributed by atoms with Gasteiger partial charge in [-0.1, -0.05) is 30.7 Å². The van der Waals surface area contributed by atoms with Crippen molar-refractivity contribution in [1.82, 2.24) is 0 Å². The van der Waals surface area contributed by atoms with Gasteiger partial charge in [0.1, 0.15) is 0 Å². The number of hydrogen-bond acceptors (Lipinski definition) is 0. The Kier molecular flexibility index (Phi) is 4.41. The maximum absolute atomic E-state index is 13.1. The number of fused-ring (bicyclic) bond motifs is 1. The number of alkyl halides is 6. The van der Waals surface area contributed by atoms with Crippen molar-refractivity contribution in [2.75, 3.05) is 0 Å². The molecule has 0 spiro atoms. The summed E-state index contributed by atoms with van der Waals surface area (Å²) in [6, 6.07) is 5.08. The number of rotatable bonds is 2. The van der Waals surface area contributed by atoms with Crippen LogP contribution in [0.5, 0.6) is 0 Å². The van der Waals surface area contributed by atoms with Gasteiger partial charge in [0, 0.05) is 0 Å². The molecule has 0 nitrogen and oxygen atoms in total. The van der Waals surface area contributed by atoms with Gasteiger partial charge in [0.2, 0.25) is 0 Å². The lowest BCUT2D eigenvalue weighted by Crippen LogP contribution is -2.11. The molecule has 1 aliphatic rings. The van der Waals surface area contributed by atoms with Crippen LogP contribution < -0.4 is 0 Å². The topological polar surface area (TPSA) is 0 Å². The zero-order valence-corrected chi connectivity index (χ0v) is 14.1. The van der Waals surface area contributed by atoms with Gasteiger partial charge in [-0.3, -0.25) is 0 Å². The maximum atomic E-state index is 13.1. The van der Waals surface area contributed by atoms with E-state index in [1.807, 2.05) is 19.9 Å². The van der Waals surface area contributed by atoms with Gasteiger partial charge in [-0.05, 0) is 65.8 Å². The van der Waals surface area contributed by atoms with E-state index in [0.29, 0.717) is 17.5 Å². The van der Waals surface area contributed by atoms with Crippen molar-refractivity contribution in [3.05, 3.63) is 63.7 Å². The lowest BCUT2D eigenvalue weighted by Gasteiger charge is -2.16. The zero-order valence-electron chi connectivity index (χ0n) is 14.1. The molecule has 0 aromatic heterocycles. The Bertz CT molecular complexity index is 852. The number of hydrogen-bond donors (Lipinski definition) is 0. The minimum atomic E-state index is -4.85. The predicted molar refractivity (Wildman–Crippen MR) is 88.6 cm³/mol. The largest absolute Gasteiger partial charge is 0.416 e. The minimum Gasteiger partial charge on any atom is -0.166 e. The maximum Gasteiger partial charge on any atom is 0.416 e. The van der Waals surface area contributed by atoms with E-state index in [1.54, 1.807) is 12.1 Å². The fourth-order valence-electron chi connectivity index (χ4n) is 3.24. The Balaban J connectivity index is 2.26. The molecular formula is C20H16F6. The minimum absolute atomic E-state index is 0.0722. The molecule has 26 heavy (non-hydrogen) atoms. The van der Waals surface area contributed by atoms with Crippen LogP contribution in [0.2, 0.25) is 0 Å². The van der Waals surface area contributed by atoms with Crippen LogP contribution in [0.15, 0.2) is 35.9 Å². The number of allylic oxidation sites excluding steroid dienone is 1. The van der Waals surface area contributed by atoms with Crippen LogP contribution in [-0.4, -0.2) is 0 Å². The first-order chi connectivity index (χ1) is 12.0. The molecule has 0 amide bonds. The summed E-state index contributed by atoms with van der Waals surface area (Å²) in [6.07, 6.45) is -6.37. The second-order valence-corrected chi connectivity index (χ2v) is 6.45. The molecule has 0 saturated carbocycles. The fraction of sp³-hybridized carbons (Fsp3) is 0.300. The first kappa shape index (κ1) is 18.5. The molecule has 0 unspecified atom stereocenters. The van der Waals surface area contributed by atoms with Crippen molar-refractivity contribution in [1.29, 1.82) is 0 Å². The summed E-state index contributed by atoms with van der Waals surface area (Å²) in [5.74, 6) is 0. The van der Waals surface area contributed by atoms with Crippen LogP contribution in [0, 0.1) is 6.92 Å². The molecule has 0 N–H and O–H groups in total. The van der Waals surface area contributed by atoms with Crippen molar-refractivity contribution in [2.24, 2.45) is 0 Å². The van der Waals surface area contributed by atoms with Gasteiger partial charge in [-0.15, -0.1) is 0 Å². The molecule has 3 rings (SSSR count). The molecule has 0 fully saturated rings. The van der Waals surface area contributed by atoms with E-state index < -0.39 is 23.5 Å². The molecule has 0 saturated heterocycles. The quantitative estimate of drug-likeness (QED) is 0.497. The Morgan fingerprint density at radius 1 is 0.885 bits per heavy atom. The number of halogens is 6. The van der Waals surface area contributed by atoms with Gasteiger partial charge in [0.05, 0.1) is 11.1 Å². The number of aryl methyl sites for hydroxylation is 1. The molecule has 0 bridgehead atoms. The van der Waals surface area contributed by atoms with Crippen molar-refractivity contribution in [2.45, 2.75) is 39.0 Å². The van der Waals surface area contributed by atoms with Crippen molar-refractivity contribution >= 4 is 6.08 Å². The SMILES string of the molecule is CCC1=Cc2c(-c3cc(C(F)(F)F)cc(C(F)(F)F)c3)ccc(C)c2C1. The van der Waals surface area contributed by atoms with Gasteiger partial charge in [-0.2, -0.15) is 26.3 Å². The van der Waals surface area contributed by atoms with Crippen LogP contribution >= 0.6 is 0 Å². The van der Waals surface area contributed by atoms with Gasteiger partial charge in [0.25, 0.3) is 0 Å². The molecule has 0 radical (unpaired) electrons. The summed E-state index contributed by atoms with van der Waals surface area (Å²) in [6.45, 7) is 3.86. The second kappa shape index (κ2) is 6.18. The Morgan fingerprint density at radius 3 is 1.96 bits per heavy atom. The highest BCUT2D eigenvalue weighted by Gasteiger charge is 2.37. The summed E-state index contributed by atoms with van der Waals surface area (Å²) < 4.78 is 78.8. The standard InChI is InChI=1S/C20H16F6/c1-3-12-6-17-11(2)4-5-16(18(17)7-12)13-8-14(19(21,22)23)10-15(9-13)20(24,25)26/h4-5,7-10H,3,6H2,1-2H3. The highest BCUT2D eigenvalue weighted by Crippen LogP contribution is 2.42. The third-order valence-corrected chi connectivity index (χ3v) is 4.70. The van der Waals surface area contributed by atoms with Crippen LogP contribution in [0.3, 0.4) is 0 Å². The van der Waals surface area contributed by atoms with E-state index in [9.17, 15) is 26.3 Å². The molecule has 1 aliphatic carbocycles. The highest BCUT2D eigenvalue weighted by molar-refractivity contribution is 5.82. The molecule has 0 heterocycles. The zero-order chi connectivity index (χ0) is 19.3. The summed E-state index contributed by atoms with van der Waals surface area (Å²) >= 11 is 0. The third-order valence-electron chi connectivity index (χ3n) is 4.70. The van der Waals surface area contributed by atoms with Gasteiger partial charge in [0.15, 0.2) is 0 Å². The third kappa shape index (κ3) is 3.37. The van der Waals surface area contributed by atoms with Gasteiger partial charge < -0.3 is 0 Å². The molecule has 0 atom stereocenters. The fourth-order valence-corrected chi connectivity index (χ4v) is 3.24. The average molecular weight is 370 g/mol. The molecule has 138 valence electrons. The molecule has 6 heteroatoms. The van der Waals surface area contributed by atoms with E-state index in [2.05, 4.69) is 0 Å². The van der Waals surface area contributed by atoms with Gasteiger partial charge >= 0.3 is 12.4 Å². The van der Waals surface area contributed by atoms with Gasteiger partial charge in [-0.25, -0.2) is 0 Å². The molecule has 0 aliphatic heterocycles. The average Bonchev–Trinajstić information content (AvgIpc) is 2.98. The van der Waals surface area contributed by atoms with Crippen molar-refractivity contribution < 1.29 is 26.3 Å². The smallest absolute Gasteiger partial charge is 0.166 e. The molecular weight excluding hydrogens is 354 g/mol. The van der Waals surface area contributed by atoms with Crippen LogP contribution in [0.4, 0.5) is 26.3 Å². The summed E-state index contributed by atoms with van der Waals surface area (Å²) in [5.41, 5.74) is 1.50. The predicted octanol–water partition coefficient (Wildman–Crippen LogP) is 7.05. The Labute approximate surface area is 147 Å². The van der Waals surface area contributed by atoms with Crippen LogP contribution in [0.25, 0.3) is 17.2 Å². The second-order valence-electron chi connectivity index (χ2n) is 6.45. The molecule has 2 aromatic carbocycles. The van der Waals surface area contributed by atoms with E-state index >= 15 is 0 Å². The summed E-state index contributed by atoms with van der Waals surface area (Å²) in [4.78, 5) is 0. The van der Waals surface area contributed by atoms with E-state index in [0.717, 1.165) is 35.3 Å². The first-order valence-electron chi connectivity index (χ1n) is 8.12. The van der Waals surface area contributed by atoms with Crippen molar-refractivity contribution in [3.63, 3.8) is 0 Å². The molecule has 2 aromatic rings. The van der Waals surface area contributed by atoms with E-state index in [-0.39, 0.29) is 11.6 Å². The lowest BCUT2D eigenvalue weighted by atomic mass is 9.92.